The largest absolute Gasteiger partial charge is 0.496 e. The summed E-state index contributed by atoms with van der Waals surface area (Å²) < 4.78 is 5.63. The molecule has 0 radical (unpaired) electrons. The van der Waals surface area contributed by atoms with Crippen molar-refractivity contribution in [3.8, 4) is 5.75 Å². The number of ether oxygens (including phenoxy) is 1. The summed E-state index contributed by atoms with van der Waals surface area (Å²) in [6, 6.07) is 6.97. The van der Waals surface area contributed by atoms with Crippen LogP contribution in [0.3, 0.4) is 0 Å². The van der Waals surface area contributed by atoms with E-state index in [0.717, 1.165) is 24.1 Å². The number of hydrogen-bond acceptors (Lipinski definition) is 2. The molecule has 0 aliphatic heterocycles. The van der Waals surface area contributed by atoms with Crippen LogP contribution in [0.5, 0.6) is 5.75 Å². The molecule has 2 nitrogen and oxygen atoms in total. The van der Waals surface area contributed by atoms with E-state index in [0.29, 0.717) is 12.0 Å². The topological polar surface area (TPSA) is 21.3 Å². The van der Waals surface area contributed by atoms with Crippen molar-refractivity contribution in [2.45, 2.75) is 53.0 Å². The first kappa shape index (κ1) is 16.4. The lowest BCUT2D eigenvalue weighted by molar-refractivity contribution is 0.170. The Balaban J connectivity index is 2.28. The third-order valence-corrected chi connectivity index (χ3v) is 5.25. The van der Waals surface area contributed by atoms with Gasteiger partial charge in [-0.15, -0.1) is 0 Å². The van der Waals surface area contributed by atoms with Crippen LogP contribution < -0.4 is 10.1 Å². The van der Waals surface area contributed by atoms with E-state index in [9.17, 15) is 0 Å². The Morgan fingerprint density at radius 3 is 2.62 bits per heavy atom. The van der Waals surface area contributed by atoms with Gasteiger partial charge in [0.2, 0.25) is 0 Å². The van der Waals surface area contributed by atoms with Gasteiger partial charge in [0.1, 0.15) is 5.75 Å². The van der Waals surface area contributed by atoms with Crippen molar-refractivity contribution in [2.24, 2.45) is 17.8 Å². The summed E-state index contributed by atoms with van der Waals surface area (Å²) in [7, 11) is 1.78. The van der Waals surface area contributed by atoms with Gasteiger partial charge in [-0.25, -0.2) is 0 Å². The van der Waals surface area contributed by atoms with Crippen LogP contribution in [0, 0.1) is 24.7 Å². The lowest BCUT2D eigenvalue weighted by Crippen LogP contribution is -2.33. The van der Waals surface area contributed by atoms with Gasteiger partial charge in [0.05, 0.1) is 7.11 Å². The normalized spacial score (nSPS) is 27.4. The molecule has 1 aliphatic carbocycles. The molecule has 4 unspecified atom stereocenters. The standard InChI is InChI=1S/C19H31NO/c1-6-20-19(16-9-8-14(3)15(4)12-16)17-11-13(2)7-10-18(17)21-5/h7,10-11,14-16,19-20H,6,8-9,12H2,1-5H3. The number of hydrogen-bond donors (Lipinski definition) is 1. The average molecular weight is 289 g/mol. The summed E-state index contributed by atoms with van der Waals surface area (Å²) in [4.78, 5) is 0. The number of nitrogens with one attached hydrogen (secondary N) is 1. The molecule has 1 aliphatic rings. The number of rotatable bonds is 5. The van der Waals surface area contributed by atoms with Gasteiger partial charge < -0.3 is 10.1 Å². The summed E-state index contributed by atoms with van der Waals surface area (Å²) in [6.07, 6.45) is 3.98. The first-order chi connectivity index (χ1) is 10.1. The molecule has 1 saturated carbocycles. The molecule has 2 rings (SSSR count). The fourth-order valence-corrected chi connectivity index (χ4v) is 3.74. The number of aryl methyl sites for hydroxylation is 1. The van der Waals surface area contributed by atoms with Crippen molar-refractivity contribution in [3.63, 3.8) is 0 Å². The summed E-state index contributed by atoms with van der Waals surface area (Å²) in [6.45, 7) is 10.2. The minimum absolute atomic E-state index is 0.416. The zero-order chi connectivity index (χ0) is 15.4. The first-order valence-electron chi connectivity index (χ1n) is 8.44. The van der Waals surface area contributed by atoms with E-state index in [2.05, 4.69) is 51.2 Å². The summed E-state index contributed by atoms with van der Waals surface area (Å²) in [5, 5.41) is 3.73. The van der Waals surface area contributed by atoms with Gasteiger partial charge >= 0.3 is 0 Å². The van der Waals surface area contributed by atoms with Gasteiger partial charge in [0.15, 0.2) is 0 Å². The van der Waals surface area contributed by atoms with E-state index in [4.69, 9.17) is 4.74 Å². The van der Waals surface area contributed by atoms with Crippen LogP contribution in [0.4, 0.5) is 0 Å². The van der Waals surface area contributed by atoms with Crippen molar-refractivity contribution in [2.75, 3.05) is 13.7 Å². The molecule has 1 aromatic carbocycles. The minimum Gasteiger partial charge on any atom is -0.496 e. The van der Waals surface area contributed by atoms with E-state index in [-0.39, 0.29) is 0 Å². The second-order valence-electron chi connectivity index (χ2n) is 6.81. The fraction of sp³-hybridized carbons (Fsp3) is 0.684. The van der Waals surface area contributed by atoms with Gasteiger partial charge in [-0.3, -0.25) is 0 Å². The van der Waals surface area contributed by atoms with Crippen LogP contribution in [-0.2, 0) is 0 Å². The van der Waals surface area contributed by atoms with Crippen LogP contribution in [0.15, 0.2) is 18.2 Å². The molecule has 0 bridgehead atoms. The van der Waals surface area contributed by atoms with Gasteiger partial charge in [0.25, 0.3) is 0 Å². The Kier molecular flexibility index (Phi) is 5.69. The third kappa shape index (κ3) is 3.79. The minimum atomic E-state index is 0.416. The summed E-state index contributed by atoms with van der Waals surface area (Å²) in [5.74, 6) is 3.42. The highest BCUT2D eigenvalue weighted by Crippen LogP contribution is 2.42. The van der Waals surface area contributed by atoms with Crippen LogP contribution >= 0.6 is 0 Å². The van der Waals surface area contributed by atoms with E-state index in [1.165, 1.54) is 30.4 Å². The molecule has 0 spiro atoms. The van der Waals surface area contributed by atoms with Crippen LogP contribution in [0.2, 0.25) is 0 Å². The van der Waals surface area contributed by atoms with Gasteiger partial charge in [-0.2, -0.15) is 0 Å². The van der Waals surface area contributed by atoms with Crippen molar-refractivity contribution in [3.05, 3.63) is 29.3 Å². The highest BCUT2D eigenvalue weighted by atomic mass is 16.5. The van der Waals surface area contributed by atoms with Crippen molar-refractivity contribution in [1.29, 1.82) is 0 Å². The molecule has 0 heterocycles. The van der Waals surface area contributed by atoms with Gasteiger partial charge in [-0.05, 0) is 50.1 Å². The van der Waals surface area contributed by atoms with Crippen molar-refractivity contribution in [1.82, 2.24) is 5.32 Å². The van der Waals surface area contributed by atoms with E-state index < -0.39 is 0 Å². The maximum absolute atomic E-state index is 5.63. The van der Waals surface area contributed by atoms with Crippen LogP contribution in [-0.4, -0.2) is 13.7 Å². The summed E-state index contributed by atoms with van der Waals surface area (Å²) in [5.41, 5.74) is 2.65. The molecule has 0 saturated heterocycles. The molecular weight excluding hydrogens is 258 g/mol. The third-order valence-electron chi connectivity index (χ3n) is 5.25. The molecule has 118 valence electrons. The predicted octanol–water partition coefficient (Wildman–Crippen LogP) is 4.73. The molecule has 1 fully saturated rings. The molecule has 1 aromatic rings. The van der Waals surface area contributed by atoms with Crippen LogP contribution in [0.1, 0.15) is 57.2 Å². The predicted molar refractivity (Wildman–Crippen MR) is 89.8 cm³/mol. The lowest BCUT2D eigenvalue weighted by Gasteiger charge is -2.37. The molecule has 2 heteroatoms. The van der Waals surface area contributed by atoms with Crippen molar-refractivity contribution >= 4 is 0 Å². The molecular formula is C19H31NO. The first-order valence-corrected chi connectivity index (χ1v) is 8.44. The molecule has 0 aromatic heterocycles. The molecule has 1 N–H and O–H groups in total. The zero-order valence-electron chi connectivity index (χ0n) is 14.3. The second kappa shape index (κ2) is 7.31. The lowest BCUT2D eigenvalue weighted by atomic mass is 9.72. The smallest absolute Gasteiger partial charge is 0.123 e. The highest BCUT2D eigenvalue weighted by molar-refractivity contribution is 5.39. The fourth-order valence-electron chi connectivity index (χ4n) is 3.74. The van der Waals surface area contributed by atoms with Gasteiger partial charge in [-0.1, -0.05) is 44.9 Å². The van der Waals surface area contributed by atoms with Gasteiger partial charge in [0, 0.05) is 11.6 Å². The zero-order valence-corrected chi connectivity index (χ0v) is 14.3. The highest BCUT2D eigenvalue weighted by Gasteiger charge is 2.31. The molecule has 4 atom stereocenters. The second-order valence-corrected chi connectivity index (χ2v) is 6.81. The number of methoxy groups -OCH3 is 1. The average Bonchev–Trinajstić information content (AvgIpc) is 2.48. The number of benzene rings is 1. The Bertz CT molecular complexity index is 457. The Morgan fingerprint density at radius 2 is 2.00 bits per heavy atom. The summed E-state index contributed by atoms with van der Waals surface area (Å²) >= 11 is 0. The van der Waals surface area contributed by atoms with Crippen molar-refractivity contribution < 1.29 is 4.74 Å². The maximum Gasteiger partial charge on any atom is 0.123 e. The molecule has 0 amide bonds. The Morgan fingerprint density at radius 1 is 1.24 bits per heavy atom. The quantitative estimate of drug-likeness (QED) is 0.846. The van der Waals surface area contributed by atoms with E-state index >= 15 is 0 Å². The van der Waals surface area contributed by atoms with Crippen LogP contribution in [0.25, 0.3) is 0 Å². The SMILES string of the molecule is CCNC(c1cc(C)ccc1OC)C1CCC(C)C(C)C1. The molecule has 21 heavy (non-hydrogen) atoms. The Hall–Kier alpha value is -1.02. The van der Waals surface area contributed by atoms with E-state index in [1.807, 2.05) is 0 Å². The Labute approximate surface area is 130 Å². The monoisotopic (exact) mass is 289 g/mol. The van der Waals surface area contributed by atoms with E-state index in [1.54, 1.807) is 7.11 Å². The maximum atomic E-state index is 5.63.